The fraction of sp³-hybridized carbons (Fsp3) is 0.310. The number of ether oxygens (including phenoxy) is 1. The molecule has 0 aromatic heterocycles. The maximum absolute atomic E-state index is 12.6. The van der Waals surface area contributed by atoms with Gasteiger partial charge in [0.15, 0.2) is 6.61 Å². The Balaban J connectivity index is 1.52. The molecule has 0 aliphatic carbocycles. The molecule has 178 valence electrons. The minimum atomic E-state index is -0.210. The summed E-state index contributed by atoms with van der Waals surface area (Å²) in [4.78, 5) is 25.0. The van der Waals surface area contributed by atoms with Gasteiger partial charge in [-0.2, -0.15) is 0 Å². The highest BCUT2D eigenvalue weighted by Crippen LogP contribution is 2.32. The first kappa shape index (κ1) is 25.0. The zero-order valence-corrected chi connectivity index (χ0v) is 20.4. The number of anilines is 1. The van der Waals surface area contributed by atoms with Crippen molar-refractivity contribution in [3.8, 4) is 5.75 Å². The number of nitrogens with one attached hydrogen (secondary N) is 2. The molecule has 3 aromatic rings. The monoisotopic (exact) mass is 458 g/mol. The Labute approximate surface area is 202 Å². The summed E-state index contributed by atoms with van der Waals surface area (Å²) in [5, 5.41) is 5.98. The van der Waals surface area contributed by atoms with Gasteiger partial charge in [-0.1, -0.05) is 76.2 Å². The normalized spacial score (nSPS) is 10.9. The molecule has 0 aliphatic rings. The van der Waals surface area contributed by atoms with E-state index in [4.69, 9.17) is 4.74 Å². The summed E-state index contributed by atoms with van der Waals surface area (Å²) >= 11 is 0. The number of para-hydroxylation sites is 1. The van der Waals surface area contributed by atoms with Crippen molar-refractivity contribution in [1.82, 2.24) is 5.32 Å². The summed E-state index contributed by atoms with van der Waals surface area (Å²) in [6, 6.07) is 23.0. The zero-order chi connectivity index (χ0) is 24.5. The average molecular weight is 459 g/mol. The third-order valence-corrected chi connectivity index (χ3v) is 5.67. The first-order valence-corrected chi connectivity index (χ1v) is 11.8. The van der Waals surface area contributed by atoms with Crippen LogP contribution < -0.4 is 15.4 Å². The topological polar surface area (TPSA) is 67.4 Å². The lowest BCUT2D eigenvalue weighted by atomic mass is 9.92. The van der Waals surface area contributed by atoms with Crippen molar-refractivity contribution in [2.45, 2.75) is 46.0 Å². The molecule has 0 radical (unpaired) electrons. The highest BCUT2D eigenvalue weighted by Gasteiger charge is 2.16. The lowest BCUT2D eigenvalue weighted by molar-refractivity contribution is -0.118. The maximum atomic E-state index is 12.6. The number of benzene rings is 3. The lowest BCUT2D eigenvalue weighted by Crippen LogP contribution is -2.25. The Hall–Kier alpha value is -3.60. The SMILES string of the molecule is CC(C)c1cccc(C(C)C)c1NC(=O)COc1ccc(C(=O)NCCc2ccccc2)cc1. The first-order chi connectivity index (χ1) is 16.3. The quantitative estimate of drug-likeness (QED) is 0.396. The molecule has 0 bridgehead atoms. The Morgan fingerprint density at radius 3 is 2.00 bits per heavy atom. The molecule has 2 N–H and O–H groups in total. The van der Waals surface area contributed by atoms with Crippen LogP contribution in [0.5, 0.6) is 5.75 Å². The van der Waals surface area contributed by atoms with Gasteiger partial charge >= 0.3 is 0 Å². The summed E-state index contributed by atoms with van der Waals surface area (Å²) < 4.78 is 5.67. The predicted octanol–water partition coefficient (Wildman–Crippen LogP) is 5.92. The molecule has 0 saturated carbocycles. The third-order valence-electron chi connectivity index (χ3n) is 5.67. The molecule has 0 aliphatic heterocycles. The van der Waals surface area contributed by atoms with Crippen molar-refractivity contribution >= 4 is 17.5 Å². The second-order valence-corrected chi connectivity index (χ2v) is 8.97. The molecule has 0 atom stereocenters. The van der Waals surface area contributed by atoms with Crippen molar-refractivity contribution in [2.24, 2.45) is 0 Å². The number of hydrogen-bond donors (Lipinski definition) is 2. The summed E-state index contributed by atoms with van der Waals surface area (Å²) in [5.41, 5.74) is 4.84. The minimum absolute atomic E-state index is 0.105. The summed E-state index contributed by atoms with van der Waals surface area (Å²) in [5.74, 6) is 0.782. The van der Waals surface area contributed by atoms with E-state index in [2.05, 4.69) is 50.5 Å². The van der Waals surface area contributed by atoms with Gasteiger partial charge in [-0.05, 0) is 59.2 Å². The van der Waals surface area contributed by atoms with Crippen molar-refractivity contribution < 1.29 is 14.3 Å². The fourth-order valence-corrected chi connectivity index (χ4v) is 3.79. The van der Waals surface area contributed by atoms with E-state index >= 15 is 0 Å². The van der Waals surface area contributed by atoms with Crippen LogP contribution in [0.2, 0.25) is 0 Å². The molecular formula is C29H34N2O3. The molecule has 5 nitrogen and oxygen atoms in total. The Morgan fingerprint density at radius 2 is 1.41 bits per heavy atom. The molecule has 0 unspecified atom stereocenters. The Bertz CT molecular complexity index is 1060. The second kappa shape index (κ2) is 12.0. The van der Waals surface area contributed by atoms with Crippen molar-refractivity contribution in [2.75, 3.05) is 18.5 Å². The zero-order valence-electron chi connectivity index (χ0n) is 20.4. The molecule has 5 heteroatoms. The average Bonchev–Trinajstić information content (AvgIpc) is 2.83. The van der Waals surface area contributed by atoms with Crippen LogP contribution in [-0.4, -0.2) is 25.0 Å². The van der Waals surface area contributed by atoms with Crippen LogP contribution in [0.4, 0.5) is 5.69 Å². The first-order valence-electron chi connectivity index (χ1n) is 11.8. The van der Waals surface area contributed by atoms with Crippen LogP contribution in [0.1, 0.15) is 66.6 Å². The van der Waals surface area contributed by atoms with Crippen molar-refractivity contribution in [1.29, 1.82) is 0 Å². The van der Waals surface area contributed by atoms with Gasteiger partial charge in [0.25, 0.3) is 11.8 Å². The van der Waals surface area contributed by atoms with Gasteiger partial charge in [-0.15, -0.1) is 0 Å². The fourth-order valence-electron chi connectivity index (χ4n) is 3.79. The number of carbonyl (C=O) groups is 2. The van der Waals surface area contributed by atoms with Crippen LogP contribution in [0, 0.1) is 0 Å². The van der Waals surface area contributed by atoms with Gasteiger partial charge in [0.1, 0.15) is 5.75 Å². The van der Waals surface area contributed by atoms with E-state index in [0.29, 0.717) is 29.7 Å². The van der Waals surface area contributed by atoms with E-state index in [0.717, 1.165) is 23.2 Å². The molecule has 0 heterocycles. The van der Waals surface area contributed by atoms with Crippen LogP contribution in [0.15, 0.2) is 72.8 Å². The van der Waals surface area contributed by atoms with Gasteiger partial charge < -0.3 is 15.4 Å². The summed E-state index contributed by atoms with van der Waals surface area (Å²) in [6.07, 6.45) is 0.779. The number of amides is 2. The summed E-state index contributed by atoms with van der Waals surface area (Å²) in [7, 11) is 0. The highest BCUT2D eigenvalue weighted by atomic mass is 16.5. The molecule has 2 amide bonds. The molecular weight excluding hydrogens is 424 g/mol. The Kier molecular flexibility index (Phi) is 8.86. The number of rotatable bonds is 10. The Morgan fingerprint density at radius 1 is 0.794 bits per heavy atom. The van der Waals surface area contributed by atoms with E-state index in [9.17, 15) is 9.59 Å². The van der Waals surface area contributed by atoms with Crippen molar-refractivity contribution in [3.63, 3.8) is 0 Å². The molecule has 34 heavy (non-hydrogen) atoms. The van der Waals surface area contributed by atoms with E-state index in [1.165, 1.54) is 5.56 Å². The predicted molar refractivity (Wildman–Crippen MR) is 138 cm³/mol. The maximum Gasteiger partial charge on any atom is 0.262 e. The molecule has 0 fully saturated rings. The molecule has 3 rings (SSSR count). The molecule has 0 spiro atoms. The van der Waals surface area contributed by atoms with E-state index < -0.39 is 0 Å². The highest BCUT2D eigenvalue weighted by molar-refractivity contribution is 5.95. The minimum Gasteiger partial charge on any atom is -0.484 e. The third kappa shape index (κ3) is 6.95. The van der Waals surface area contributed by atoms with Crippen LogP contribution in [0.25, 0.3) is 0 Å². The van der Waals surface area contributed by atoms with Crippen molar-refractivity contribution in [3.05, 3.63) is 95.1 Å². The summed E-state index contributed by atoms with van der Waals surface area (Å²) in [6.45, 7) is 8.93. The number of hydrogen-bond acceptors (Lipinski definition) is 3. The lowest BCUT2D eigenvalue weighted by Gasteiger charge is -2.20. The van der Waals surface area contributed by atoms with Crippen LogP contribution >= 0.6 is 0 Å². The van der Waals surface area contributed by atoms with Gasteiger partial charge in [-0.25, -0.2) is 0 Å². The number of carbonyl (C=O) groups excluding carboxylic acids is 2. The van der Waals surface area contributed by atoms with Gasteiger partial charge in [0.2, 0.25) is 0 Å². The van der Waals surface area contributed by atoms with E-state index in [-0.39, 0.29) is 18.4 Å². The molecule has 3 aromatic carbocycles. The van der Waals surface area contributed by atoms with Gasteiger partial charge in [-0.3, -0.25) is 9.59 Å². The van der Waals surface area contributed by atoms with E-state index in [1.54, 1.807) is 24.3 Å². The van der Waals surface area contributed by atoms with Gasteiger partial charge in [0, 0.05) is 17.8 Å². The van der Waals surface area contributed by atoms with E-state index in [1.807, 2.05) is 36.4 Å². The molecule has 0 saturated heterocycles. The van der Waals surface area contributed by atoms with Gasteiger partial charge in [0.05, 0.1) is 0 Å². The smallest absolute Gasteiger partial charge is 0.262 e. The van der Waals surface area contributed by atoms with Crippen LogP contribution in [0.3, 0.4) is 0 Å². The second-order valence-electron chi connectivity index (χ2n) is 8.97. The largest absolute Gasteiger partial charge is 0.484 e. The standard InChI is InChI=1S/C29H34N2O3/c1-20(2)25-11-8-12-26(21(3)4)28(25)31-27(32)19-34-24-15-13-23(14-16-24)29(33)30-18-17-22-9-6-5-7-10-22/h5-16,20-21H,17-19H2,1-4H3,(H,30,33)(H,31,32). The van der Waals surface area contributed by atoms with Crippen LogP contribution in [-0.2, 0) is 11.2 Å².